The molecule has 1 saturated heterocycles. The van der Waals surface area contributed by atoms with Crippen LogP contribution in [0, 0.1) is 20.8 Å². The second-order valence-corrected chi connectivity index (χ2v) is 8.56. The molecular formula is C23H27N3O3S. The molecular weight excluding hydrogens is 398 g/mol. The molecule has 1 aliphatic heterocycles. The minimum Gasteiger partial charge on any atom is -0.383 e. The molecule has 1 atom stereocenters. The van der Waals surface area contributed by atoms with E-state index in [0.29, 0.717) is 18.3 Å². The quantitative estimate of drug-likeness (QED) is 0.721. The largest absolute Gasteiger partial charge is 0.383 e. The van der Waals surface area contributed by atoms with Crippen LogP contribution in [-0.2, 0) is 14.3 Å². The van der Waals surface area contributed by atoms with Gasteiger partial charge in [0.05, 0.1) is 18.8 Å². The number of hydrogen-bond acceptors (Lipinski definition) is 5. The second kappa shape index (κ2) is 9.91. The average molecular weight is 426 g/mol. The van der Waals surface area contributed by atoms with Crippen molar-refractivity contribution in [3.63, 3.8) is 0 Å². The Bertz CT molecular complexity index is 957. The lowest BCUT2D eigenvalue weighted by atomic mass is 10.1. The Kier molecular flexibility index (Phi) is 7.29. The summed E-state index contributed by atoms with van der Waals surface area (Å²) < 4.78 is 5.16. The molecule has 1 unspecified atom stereocenters. The van der Waals surface area contributed by atoms with Crippen molar-refractivity contribution in [1.82, 2.24) is 4.90 Å². The first kappa shape index (κ1) is 22.1. The molecule has 1 fully saturated rings. The van der Waals surface area contributed by atoms with Crippen LogP contribution in [0.4, 0.5) is 11.4 Å². The molecule has 2 amide bonds. The number of ether oxygens (including phenoxy) is 1. The Balaban J connectivity index is 1.76. The van der Waals surface area contributed by atoms with E-state index >= 15 is 0 Å². The summed E-state index contributed by atoms with van der Waals surface area (Å²) in [6.07, 6.45) is 0.0900. The predicted molar refractivity (Wildman–Crippen MR) is 122 cm³/mol. The smallest absolute Gasteiger partial charge is 0.242 e. The summed E-state index contributed by atoms with van der Waals surface area (Å²) in [5.41, 5.74) is 4.81. The van der Waals surface area contributed by atoms with Crippen LogP contribution >= 0.6 is 11.8 Å². The molecule has 0 spiro atoms. The van der Waals surface area contributed by atoms with Gasteiger partial charge in [-0.05, 0) is 50.1 Å². The number of nitrogens with zero attached hydrogens (tertiary/aromatic N) is 2. The van der Waals surface area contributed by atoms with Crippen LogP contribution in [0.25, 0.3) is 0 Å². The van der Waals surface area contributed by atoms with Gasteiger partial charge in [0.2, 0.25) is 11.8 Å². The number of amides is 2. The number of hydrogen-bond donors (Lipinski definition) is 1. The summed E-state index contributed by atoms with van der Waals surface area (Å²) in [6, 6.07) is 13.6. The molecule has 158 valence electrons. The zero-order chi connectivity index (χ0) is 21.7. The van der Waals surface area contributed by atoms with Crippen LogP contribution in [0.3, 0.4) is 0 Å². The molecule has 0 radical (unpaired) electrons. The Hall–Kier alpha value is -2.64. The number of aryl methyl sites for hydroxylation is 3. The van der Waals surface area contributed by atoms with Gasteiger partial charge in [0.1, 0.15) is 5.25 Å². The first-order chi connectivity index (χ1) is 14.4. The third-order valence-electron chi connectivity index (χ3n) is 4.83. The highest BCUT2D eigenvalue weighted by atomic mass is 32.2. The minimum atomic E-state index is -0.504. The summed E-state index contributed by atoms with van der Waals surface area (Å²) in [4.78, 5) is 31.9. The Morgan fingerprint density at radius 1 is 1.13 bits per heavy atom. The van der Waals surface area contributed by atoms with Gasteiger partial charge in [-0.25, -0.2) is 4.99 Å². The highest BCUT2D eigenvalue weighted by Crippen LogP contribution is 2.33. The van der Waals surface area contributed by atoms with E-state index in [0.717, 1.165) is 28.1 Å². The first-order valence-corrected chi connectivity index (χ1v) is 10.7. The molecule has 1 aliphatic rings. The Labute approximate surface area is 181 Å². The average Bonchev–Trinajstić information content (AvgIpc) is 2.99. The van der Waals surface area contributed by atoms with Crippen molar-refractivity contribution >= 4 is 40.1 Å². The highest BCUT2D eigenvalue weighted by Gasteiger charge is 2.39. The minimum absolute atomic E-state index is 0.0900. The van der Waals surface area contributed by atoms with Crippen molar-refractivity contribution in [3.8, 4) is 0 Å². The molecule has 7 heteroatoms. The maximum atomic E-state index is 13.0. The van der Waals surface area contributed by atoms with E-state index in [-0.39, 0.29) is 18.2 Å². The number of aliphatic imine (C=N–C) groups is 1. The lowest BCUT2D eigenvalue weighted by Crippen LogP contribution is -2.35. The lowest BCUT2D eigenvalue weighted by Gasteiger charge is -2.16. The molecule has 3 rings (SSSR count). The highest BCUT2D eigenvalue weighted by molar-refractivity contribution is 8.15. The number of nitrogens with one attached hydrogen (secondary N) is 1. The van der Waals surface area contributed by atoms with Crippen LogP contribution in [0.5, 0.6) is 0 Å². The molecule has 0 saturated carbocycles. The van der Waals surface area contributed by atoms with Crippen molar-refractivity contribution < 1.29 is 14.3 Å². The number of anilines is 1. The summed E-state index contributed by atoms with van der Waals surface area (Å²) in [5.74, 6) is -0.301. The van der Waals surface area contributed by atoms with E-state index in [2.05, 4.69) is 5.32 Å². The van der Waals surface area contributed by atoms with E-state index in [9.17, 15) is 9.59 Å². The number of benzene rings is 2. The van der Waals surface area contributed by atoms with Crippen molar-refractivity contribution in [2.45, 2.75) is 32.4 Å². The fourth-order valence-corrected chi connectivity index (χ4v) is 4.25. The number of rotatable bonds is 7. The SMILES string of the molecule is COCCN1C(=O)C(CC(=O)Nc2ccc(C)cc2)SC1=Nc1cc(C)ccc1C. The van der Waals surface area contributed by atoms with Gasteiger partial charge in [0, 0.05) is 19.2 Å². The van der Waals surface area contributed by atoms with Crippen LogP contribution in [0.1, 0.15) is 23.1 Å². The zero-order valence-corrected chi connectivity index (χ0v) is 18.6. The van der Waals surface area contributed by atoms with E-state index < -0.39 is 5.25 Å². The van der Waals surface area contributed by atoms with E-state index in [1.54, 1.807) is 12.0 Å². The molecule has 0 bridgehead atoms. The van der Waals surface area contributed by atoms with E-state index in [4.69, 9.17) is 9.73 Å². The van der Waals surface area contributed by atoms with Crippen LogP contribution in [-0.4, -0.2) is 47.4 Å². The standard InChI is InChI=1S/C23H27N3O3S/c1-15-6-9-18(10-7-15)24-21(27)14-20-22(28)26(11-12-29-4)23(30-20)25-19-13-16(2)5-8-17(19)3/h5-10,13,20H,11-12,14H2,1-4H3,(H,24,27). The zero-order valence-electron chi connectivity index (χ0n) is 17.8. The van der Waals surface area contributed by atoms with Crippen LogP contribution in [0.15, 0.2) is 47.5 Å². The van der Waals surface area contributed by atoms with Gasteiger partial charge < -0.3 is 10.1 Å². The monoisotopic (exact) mass is 425 g/mol. The topological polar surface area (TPSA) is 71.0 Å². The fourth-order valence-electron chi connectivity index (χ4n) is 3.07. The number of amidine groups is 1. The van der Waals surface area contributed by atoms with E-state index in [1.165, 1.54) is 11.8 Å². The normalized spacial score (nSPS) is 17.6. The number of methoxy groups -OCH3 is 1. The van der Waals surface area contributed by atoms with E-state index in [1.807, 2.05) is 63.2 Å². The molecule has 2 aromatic rings. The van der Waals surface area contributed by atoms with Gasteiger partial charge >= 0.3 is 0 Å². The molecule has 0 aromatic heterocycles. The van der Waals surface area contributed by atoms with Crippen molar-refractivity contribution in [2.75, 3.05) is 25.6 Å². The van der Waals surface area contributed by atoms with Gasteiger partial charge in [0.15, 0.2) is 5.17 Å². The molecule has 6 nitrogen and oxygen atoms in total. The maximum absolute atomic E-state index is 13.0. The summed E-state index contributed by atoms with van der Waals surface area (Å²) in [5, 5.41) is 2.97. The number of carbonyl (C=O) groups is 2. The van der Waals surface area contributed by atoms with Gasteiger partial charge in [-0.2, -0.15) is 0 Å². The van der Waals surface area contributed by atoms with Gasteiger partial charge in [-0.1, -0.05) is 41.6 Å². The fraction of sp³-hybridized carbons (Fsp3) is 0.348. The number of carbonyl (C=O) groups excluding carboxylic acids is 2. The van der Waals surface area contributed by atoms with Gasteiger partial charge in [-0.15, -0.1) is 0 Å². The number of thioether (sulfide) groups is 1. The van der Waals surface area contributed by atoms with Crippen LogP contribution in [0.2, 0.25) is 0 Å². The van der Waals surface area contributed by atoms with Crippen molar-refractivity contribution in [2.24, 2.45) is 4.99 Å². The van der Waals surface area contributed by atoms with Crippen molar-refractivity contribution in [1.29, 1.82) is 0 Å². The predicted octanol–water partition coefficient (Wildman–Crippen LogP) is 4.22. The molecule has 2 aromatic carbocycles. The molecule has 30 heavy (non-hydrogen) atoms. The summed E-state index contributed by atoms with van der Waals surface area (Å²) >= 11 is 1.34. The molecule has 0 aliphatic carbocycles. The third kappa shape index (κ3) is 5.49. The molecule has 1 heterocycles. The van der Waals surface area contributed by atoms with Gasteiger partial charge in [-0.3, -0.25) is 14.5 Å². The Morgan fingerprint density at radius 2 is 1.83 bits per heavy atom. The maximum Gasteiger partial charge on any atom is 0.242 e. The van der Waals surface area contributed by atoms with Gasteiger partial charge in [0.25, 0.3) is 0 Å². The lowest BCUT2D eigenvalue weighted by molar-refractivity contribution is -0.128. The summed E-state index contributed by atoms with van der Waals surface area (Å²) in [7, 11) is 1.60. The molecule has 1 N–H and O–H groups in total. The summed E-state index contributed by atoms with van der Waals surface area (Å²) in [6.45, 7) is 6.80. The second-order valence-electron chi connectivity index (χ2n) is 7.39. The van der Waals surface area contributed by atoms with Crippen LogP contribution < -0.4 is 5.32 Å². The Morgan fingerprint density at radius 3 is 2.53 bits per heavy atom. The third-order valence-corrected chi connectivity index (χ3v) is 6.00. The first-order valence-electron chi connectivity index (χ1n) is 9.87. The van der Waals surface area contributed by atoms with Crippen molar-refractivity contribution in [3.05, 3.63) is 59.2 Å².